The van der Waals surface area contributed by atoms with Gasteiger partial charge < -0.3 is 0 Å². The summed E-state index contributed by atoms with van der Waals surface area (Å²) in [6.07, 6.45) is 13.8. The van der Waals surface area contributed by atoms with Gasteiger partial charge in [-0.3, -0.25) is 4.79 Å². The highest BCUT2D eigenvalue weighted by molar-refractivity contribution is 5.86. The van der Waals surface area contributed by atoms with E-state index < -0.39 is 0 Å². The van der Waals surface area contributed by atoms with Crippen molar-refractivity contribution >= 4 is 5.78 Å². The maximum Gasteiger partial charge on any atom is 0.141 e. The van der Waals surface area contributed by atoms with E-state index >= 15 is 0 Å². The Morgan fingerprint density at radius 2 is 1.36 bits per heavy atom. The second-order valence-electron chi connectivity index (χ2n) is 10.9. The first kappa shape index (κ1) is 18.1. The molecule has 1 nitrogen and oxygen atoms in total. The molecule has 0 aromatic carbocycles. The van der Waals surface area contributed by atoms with Crippen LogP contribution in [-0.2, 0) is 4.79 Å². The molecule has 0 radical (unpaired) electrons. The second-order valence-corrected chi connectivity index (χ2v) is 10.9. The fourth-order valence-electron chi connectivity index (χ4n) is 7.75. The van der Waals surface area contributed by atoms with E-state index in [-0.39, 0.29) is 5.41 Å². The molecule has 4 aliphatic carbocycles. The molecule has 0 aliphatic heterocycles. The van der Waals surface area contributed by atoms with Gasteiger partial charge in [0.2, 0.25) is 0 Å². The van der Waals surface area contributed by atoms with E-state index in [1.54, 1.807) is 0 Å². The standard InChI is InChI=1S/C24H40O/c1-5-24(3,4)23(25)22-13-12-20-19-9-7-16-14-15(2)6-8-17(16)18(19)10-11-21(20)22/h15-22H,5-14H2,1-4H3. The van der Waals surface area contributed by atoms with Crippen LogP contribution in [0.3, 0.4) is 0 Å². The topological polar surface area (TPSA) is 17.1 Å². The van der Waals surface area contributed by atoms with Crippen LogP contribution in [0.5, 0.6) is 0 Å². The summed E-state index contributed by atoms with van der Waals surface area (Å²) in [5, 5.41) is 0. The molecule has 142 valence electrons. The Morgan fingerprint density at radius 1 is 0.800 bits per heavy atom. The Bertz CT molecular complexity index is 506. The van der Waals surface area contributed by atoms with Gasteiger partial charge in [0, 0.05) is 11.3 Å². The quantitative estimate of drug-likeness (QED) is 0.570. The minimum atomic E-state index is -0.104. The summed E-state index contributed by atoms with van der Waals surface area (Å²) in [4.78, 5) is 13.2. The second kappa shape index (κ2) is 6.68. The zero-order valence-electron chi connectivity index (χ0n) is 17.1. The molecule has 4 fully saturated rings. The molecular weight excluding hydrogens is 304 g/mol. The van der Waals surface area contributed by atoms with Gasteiger partial charge in [-0.25, -0.2) is 0 Å². The van der Waals surface area contributed by atoms with E-state index in [9.17, 15) is 4.79 Å². The highest BCUT2D eigenvalue weighted by Crippen LogP contribution is 2.60. The molecule has 8 atom stereocenters. The average molecular weight is 345 g/mol. The minimum absolute atomic E-state index is 0.104. The Hall–Kier alpha value is -0.330. The first-order valence-electron chi connectivity index (χ1n) is 11.5. The molecule has 0 spiro atoms. The van der Waals surface area contributed by atoms with Crippen molar-refractivity contribution in [2.75, 3.05) is 0 Å². The monoisotopic (exact) mass is 344 g/mol. The van der Waals surface area contributed by atoms with Gasteiger partial charge >= 0.3 is 0 Å². The highest BCUT2D eigenvalue weighted by atomic mass is 16.1. The Labute approximate surface area is 155 Å². The van der Waals surface area contributed by atoms with Crippen LogP contribution in [-0.4, -0.2) is 5.78 Å². The summed E-state index contributed by atoms with van der Waals surface area (Å²) in [5.74, 6) is 7.65. The van der Waals surface area contributed by atoms with E-state index in [2.05, 4.69) is 27.7 Å². The first-order valence-corrected chi connectivity index (χ1v) is 11.5. The number of carbonyl (C=O) groups is 1. The number of hydrogen-bond acceptors (Lipinski definition) is 1. The van der Waals surface area contributed by atoms with Crippen LogP contribution in [0.2, 0.25) is 0 Å². The van der Waals surface area contributed by atoms with Gasteiger partial charge in [-0.1, -0.05) is 34.1 Å². The lowest BCUT2D eigenvalue weighted by atomic mass is 9.52. The van der Waals surface area contributed by atoms with Gasteiger partial charge in [-0.05, 0) is 99.2 Å². The van der Waals surface area contributed by atoms with Crippen LogP contribution in [0, 0.1) is 52.8 Å². The van der Waals surface area contributed by atoms with Crippen molar-refractivity contribution in [2.45, 2.75) is 91.9 Å². The van der Waals surface area contributed by atoms with E-state index in [4.69, 9.17) is 0 Å². The van der Waals surface area contributed by atoms with Gasteiger partial charge in [-0.15, -0.1) is 0 Å². The molecular formula is C24H40O. The average Bonchev–Trinajstić information content (AvgIpc) is 3.04. The number of carbonyl (C=O) groups excluding carboxylic acids is 1. The molecule has 0 heterocycles. The predicted molar refractivity (Wildman–Crippen MR) is 104 cm³/mol. The van der Waals surface area contributed by atoms with Crippen molar-refractivity contribution in [2.24, 2.45) is 52.8 Å². The van der Waals surface area contributed by atoms with E-state index in [0.29, 0.717) is 11.7 Å². The zero-order chi connectivity index (χ0) is 17.8. The Balaban J connectivity index is 1.48. The van der Waals surface area contributed by atoms with Crippen LogP contribution in [0.15, 0.2) is 0 Å². The SMILES string of the molecule is CCC(C)(C)C(=O)C1CCC2C1CCC1C3CCC(C)CC3CCC12. The van der Waals surface area contributed by atoms with Crippen LogP contribution in [0.1, 0.15) is 91.9 Å². The van der Waals surface area contributed by atoms with Crippen molar-refractivity contribution in [3.63, 3.8) is 0 Å². The third-order valence-electron chi connectivity index (χ3n) is 9.42. The molecule has 0 amide bonds. The number of Topliss-reactive ketones (excluding diaryl/α,β-unsaturated/α-hetero) is 1. The van der Waals surface area contributed by atoms with Gasteiger partial charge in [0.15, 0.2) is 0 Å². The van der Waals surface area contributed by atoms with Crippen LogP contribution < -0.4 is 0 Å². The number of fused-ring (bicyclic) bond motifs is 5. The maximum atomic E-state index is 13.2. The van der Waals surface area contributed by atoms with E-state index in [1.165, 1.54) is 57.8 Å². The van der Waals surface area contributed by atoms with Gasteiger partial charge in [0.25, 0.3) is 0 Å². The number of ketones is 1. The largest absolute Gasteiger partial charge is 0.299 e. The molecule has 0 saturated heterocycles. The normalized spacial score (nSPS) is 46.9. The van der Waals surface area contributed by atoms with Crippen molar-refractivity contribution in [1.29, 1.82) is 0 Å². The van der Waals surface area contributed by atoms with Gasteiger partial charge in [0.1, 0.15) is 5.78 Å². The first-order chi connectivity index (χ1) is 11.9. The molecule has 4 rings (SSSR count). The lowest BCUT2D eigenvalue weighted by Crippen LogP contribution is -2.46. The molecule has 25 heavy (non-hydrogen) atoms. The maximum absolute atomic E-state index is 13.2. The zero-order valence-corrected chi connectivity index (χ0v) is 17.1. The lowest BCUT2D eigenvalue weighted by Gasteiger charge is -2.53. The predicted octanol–water partition coefficient (Wildman–Crippen LogP) is 6.51. The third-order valence-corrected chi connectivity index (χ3v) is 9.42. The third kappa shape index (κ3) is 3.02. The summed E-state index contributed by atoms with van der Waals surface area (Å²) >= 11 is 0. The Kier molecular flexibility index (Phi) is 4.82. The Morgan fingerprint density at radius 3 is 2.12 bits per heavy atom. The van der Waals surface area contributed by atoms with E-state index in [0.717, 1.165) is 47.8 Å². The van der Waals surface area contributed by atoms with Crippen LogP contribution in [0.25, 0.3) is 0 Å². The summed E-state index contributed by atoms with van der Waals surface area (Å²) in [6.45, 7) is 9.03. The molecule has 4 aliphatic rings. The molecule has 8 unspecified atom stereocenters. The fourth-order valence-corrected chi connectivity index (χ4v) is 7.75. The van der Waals surface area contributed by atoms with Crippen molar-refractivity contribution in [1.82, 2.24) is 0 Å². The summed E-state index contributed by atoms with van der Waals surface area (Å²) in [7, 11) is 0. The van der Waals surface area contributed by atoms with Gasteiger partial charge in [0.05, 0.1) is 0 Å². The van der Waals surface area contributed by atoms with Crippen molar-refractivity contribution in [3.8, 4) is 0 Å². The molecule has 0 N–H and O–H groups in total. The summed E-state index contributed by atoms with van der Waals surface area (Å²) in [5.41, 5.74) is -0.104. The van der Waals surface area contributed by atoms with E-state index in [1.807, 2.05) is 0 Å². The van der Waals surface area contributed by atoms with Crippen molar-refractivity contribution in [3.05, 3.63) is 0 Å². The van der Waals surface area contributed by atoms with Gasteiger partial charge in [-0.2, -0.15) is 0 Å². The molecule has 0 aromatic heterocycles. The minimum Gasteiger partial charge on any atom is -0.299 e. The fraction of sp³-hybridized carbons (Fsp3) is 0.958. The summed E-state index contributed by atoms with van der Waals surface area (Å²) in [6, 6.07) is 0. The van der Waals surface area contributed by atoms with Crippen LogP contribution >= 0.6 is 0 Å². The smallest absolute Gasteiger partial charge is 0.141 e. The number of hydrogen-bond donors (Lipinski definition) is 0. The summed E-state index contributed by atoms with van der Waals surface area (Å²) < 4.78 is 0. The van der Waals surface area contributed by atoms with Crippen molar-refractivity contribution < 1.29 is 4.79 Å². The molecule has 0 bridgehead atoms. The molecule has 4 saturated carbocycles. The molecule has 1 heteroatoms. The number of rotatable bonds is 3. The highest BCUT2D eigenvalue weighted by Gasteiger charge is 2.53. The lowest BCUT2D eigenvalue weighted by molar-refractivity contribution is -0.134. The van der Waals surface area contributed by atoms with Crippen LogP contribution in [0.4, 0.5) is 0 Å². The molecule has 0 aromatic rings.